The molecule has 1 N–H and O–H groups in total. The average molecular weight is 327 g/mol. The zero-order chi connectivity index (χ0) is 16.7. The summed E-state index contributed by atoms with van der Waals surface area (Å²) in [6.07, 6.45) is 6.19. The number of nitrogens with zero attached hydrogens (tertiary/aromatic N) is 3. The molecule has 4 rings (SSSR count). The van der Waals surface area contributed by atoms with Gasteiger partial charge in [0.05, 0.1) is 11.1 Å². The average Bonchev–Trinajstić information content (AvgIpc) is 3.02. The van der Waals surface area contributed by atoms with Gasteiger partial charge in [-0.05, 0) is 63.1 Å². The maximum atomic E-state index is 12.5. The number of fused-ring (bicyclic) bond motifs is 1. The van der Waals surface area contributed by atoms with Crippen LogP contribution in [0.15, 0.2) is 30.5 Å². The molecule has 24 heavy (non-hydrogen) atoms. The van der Waals surface area contributed by atoms with Crippen LogP contribution in [0.4, 0.5) is 0 Å². The highest BCUT2D eigenvalue weighted by Crippen LogP contribution is 2.39. The predicted molar refractivity (Wildman–Crippen MR) is 91.5 cm³/mol. The summed E-state index contributed by atoms with van der Waals surface area (Å²) in [7, 11) is 0. The van der Waals surface area contributed by atoms with Crippen molar-refractivity contribution >= 4 is 11.4 Å². The van der Waals surface area contributed by atoms with Crippen LogP contribution in [0.25, 0.3) is 5.52 Å². The zero-order valence-corrected chi connectivity index (χ0v) is 14.2. The number of pyridine rings is 1. The third-order valence-electron chi connectivity index (χ3n) is 5.65. The number of rotatable bonds is 3. The van der Waals surface area contributed by atoms with Gasteiger partial charge < -0.3 is 10.0 Å². The molecule has 0 unspecified atom stereocenters. The Kier molecular flexibility index (Phi) is 3.83. The Morgan fingerprint density at radius 3 is 2.75 bits per heavy atom. The third kappa shape index (κ3) is 2.93. The molecule has 0 aromatic carbocycles. The van der Waals surface area contributed by atoms with Crippen molar-refractivity contribution in [1.82, 2.24) is 14.5 Å². The first-order valence-electron chi connectivity index (χ1n) is 8.95. The number of carbonyl (C=O) groups excluding carboxylic acids is 1. The Labute approximate surface area is 142 Å². The van der Waals surface area contributed by atoms with Crippen molar-refractivity contribution in [2.45, 2.75) is 44.6 Å². The number of carbonyl (C=O) groups is 1. The highest BCUT2D eigenvalue weighted by Gasteiger charge is 2.44. The van der Waals surface area contributed by atoms with Crippen molar-refractivity contribution in [2.75, 3.05) is 13.1 Å². The Balaban J connectivity index is 1.33. The normalized spacial score (nSPS) is 28.1. The fourth-order valence-electron chi connectivity index (χ4n) is 4.25. The number of aromatic nitrogens is 2. The first kappa shape index (κ1) is 15.6. The van der Waals surface area contributed by atoms with Gasteiger partial charge in [0.15, 0.2) is 0 Å². The van der Waals surface area contributed by atoms with Crippen LogP contribution in [0.3, 0.4) is 0 Å². The minimum Gasteiger partial charge on any atom is -0.390 e. The quantitative estimate of drug-likeness (QED) is 0.941. The smallest absolute Gasteiger partial charge is 0.225 e. The van der Waals surface area contributed by atoms with Crippen molar-refractivity contribution in [1.29, 1.82) is 0 Å². The van der Waals surface area contributed by atoms with Gasteiger partial charge in [-0.2, -0.15) is 5.10 Å². The number of hydrogen-bond donors (Lipinski definition) is 1. The van der Waals surface area contributed by atoms with E-state index in [-0.39, 0.29) is 11.8 Å². The van der Waals surface area contributed by atoms with Crippen LogP contribution in [-0.2, 0) is 11.2 Å². The van der Waals surface area contributed by atoms with E-state index in [1.54, 1.807) is 0 Å². The molecular weight excluding hydrogens is 302 g/mol. The molecule has 2 fully saturated rings. The lowest BCUT2D eigenvalue weighted by Crippen LogP contribution is -2.51. The molecule has 1 saturated carbocycles. The summed E-state index contributed by atoms with van der Waals surface area (Å²) >= 11 is 0. The number of piperidine rings is 1. The van der Waals surface area contributed by atoms with Gasteiger partial charge in [0.25, 0.3) is 0 Å². The van der Waals surface area contributed by atoms with Crippen LogP contribution in [0, 0.1) is 11.8 Å². The summed E-state index contributed by atoms with van der Waals surface area (Å²) < 4.78 is 2.02. The molecule has 1 aliphatic heterocycles. The van der Waals surface area contributed by atoms with Gasteiger partial charge in [0, 0.05) is 30.9 Å². The highest BCUT2D eigenvalue weighted by atomic mass is 16.3. The van der Waals surface area contributed by atoms with Crippen LogP contribution >= 0.6 is 0 Å². The van der Waals surface area contributed by atoms with E-state index in [0.29, 0.717) is 18.8 Å². The SMILES string of the molecule is CC1(O)CC(C(=O)N2CCC(Cc3cccc4ccnn34)CC2)C1. The highest BCUT2D eigenvalue weighted by molar-refractivity contribution is 5.80. The monoisotopic (exact) mass is 327 g/mol. The first-order chi connectivity index (χ1) is 11.5. The second kappa shape index (κ2) is 5.88. The Morgan fingerprint density at radius 1 is 1.29 bits per heavy atom. The van der Waals surface area contributed by atoms with E-state index in [2.05, 4.69) is 23.3 Å². The summed E-state index contributed by atoms with van der Waals surface area (Å²) in [6, 6.07) is 8.34. The maximum absolute atomic E-state index is 12.5. The molecule has 128 valence electrons. The Hall–Kier alpha value is -1.88. The summed E-state index contributed by atoms with van der Waals surface area (Å²) in [4.78, 5) is 14.5. The van der Waals surface area contributed by atoms with Gasteiger partial charge >= 0.3 is 0 Å². The zero-order valence-electron chi connectivity index (χ0n) is 14.2. The van der Waals surface area contributed by atoms with E-state index >= 15 is 0 Å². The first-order valence-corrected chi connectivity index (χ1v) is 8.95. The fraction of sp³-hybridized carbons (Fsp3) is 0.579. The fourth-order valence-corrected chi connectivity index (χ4v) is 4.25. The summed E-state index contributed by atoms with van der Waals surface area (Å²) in [5.74, 6) is 0.886. The van der Waals surface area contributed by atoms with E-state index in [0.717, 1.165) is 37.9 Å². The van der Waals surface area contributed by atoms with Gasteiger partial charge in [0.2, 0.25) is 5.91 Å². The molecular formula is C19H25N3O2. The van der Waals surface area contributed by atoms with Gasteiger partial charge in [-0.25, -0.2) is 4.52 Å². The summed E-state index contributed by atoms with van der Waals surface area (Å²) in [5, 5.41) is 14.2. The van der Waals surface area contributed by atoms with Gasteiger partial charge in [-0.15, -0.1) is 0 Å². The number of aliphatic hydroxyl groups is 1. The Bertz CT molecular complexity index is 736. The standard InChI is InChI=1S/C19H25N3O2/c1-19(24)12-15(13-19)18(23)21-9-6-14(7-10-21)11-17-4-2-3-16-5-8-20-22(16)17/h2-5,8,14-15,24H,6-7,9-13H2,1H3. The topological polar surface area (TPSA) is 57.8 Å². The van der Waals surface area contributed by atoms with Crippen molar-refractivity contribution < 1.29 is 9.90 Å². The minimum absolute atomic E-state index is 0.0365. The molecule has 0 spiro atoms. The van der Waals surface area contributed by atoms with Crippen LogP contribution < -0.4 is 0 Å². The van der Waals surface area contributed by atoms with Crippen molar-refractivity contribution in [2.24, 2.45) is 11.8 Å². The second-order valence-electron chi connectivity index (χ2n) is 7.76. The lowest BCUT2D eigenvalue weighted by Gasteiger charge is -2.43. The second-order valence-corrected chi connectivity index (χ2v) is 7.76. The third-order valence-corrected chi connectivity index (χ3v) is 5.65. The maximum Gasteiger partial charge on any atom is 0.225 e. The van der Waals surface area contributed by atoms with Gasteiger partial charge in [-0.1, -0.05) is 6.07 Å². The predicted octanol–water partition coefficient (Wildman–Crippen LogP) is 2.28. The van der Waals surface area contributed by atoms with E-state index in [1.807, 2.05) is 28.6 Å². The molecule has 2 aromatic heterocycles. The minimum atomic E-state index is -0.624. The van der Waals surface area contributed by atoms with Gasteiger partial charge in [0.1, 0.15) is 0 Å². The van der Waals surface area contributed by atoms with E-state index < -0.39 is 5.60 Å². The number of likely N-dealkylation sites (tertiary alicyclic amines) is 1. The molecule has 1 aliphatic carbocycles. The molecule has 1 amide bonds. The van der Waals surface area contributed by atoms with E-state index in [9.17, 15) is 9.90 Å². The molecule has 5 heteroatoms. The van der Waals surface area contributed by atoms with Crippen molar-refractivity contribution in [3.63, 3.8) is 0 Å². The van der Waals surface area contributed by atoms with Crippen LogP contribution in [-0.4, -0.2) is 44.2 Å². The van der Waals surface area contributed by atoms with E-state index in [4.69, 9.17) is 0 Å². The lowest BCUT2D eigenvalue weighted by atomic mass is 9.71. The largest absolute Gasteiger partial charge is 0.390 e. The van der Waals surface area contributed by atoms with Gasteiger partial charge in [-0.3, -0.25) is 4.79 Å². The number of amides is 1. The molecule has 2 aromatic rings. The van der Waals surface area contributed by atoms with Crippen LogP contribution in [0.2, 0.25) is 0 Å². The summed E-state index contributed by atoms with van der Waals surface area (Å²) in [6.45, 7) is 3.51. The molecule has 0 radical (unpaired) electrons. The summed E-state index contributed by atoms with van der Waals surface area (Å²) in [5.41, 5.74) is 1.76. The molecule has 3 heterocycles. The number of hydrogen-bond acceptors (Lipinski definition) is 3. The molecule has 1 saturated heterocycles. The molecule has 2 aliphatic rings. The van der Waals surface area contributed by atoms with Crippen molar-refractivity contribution in [3.05, 3.63) is 36.2 Å². The van der Waals surface area contributed by atoms with Crippen molar-refractivity contribution in [3.8, 4) is 0 Å². The van der Waals surface area contributed by atoms with E-state index in [1.165, 1.54) is 5.69 Å². The van der Waals surface area contributed by atoms with Crippen LogP contribution in [0.5, 0.6) is 0 Å². The lowest BCUT2D eigenvalue weighted by molar-refractivity contribution is -0.151. The van der Waals surface area contributed by atoms with Crippen LogP contribution in [0.1, 0.15) is 38.3 Å². The molecule has 0 bridgehead atoms. The Morgan fingerprint density at radius 2 is 2.04 bits per heavy atom. The molecule has 5 nitrogen and oxygen atoms in total. The molecule has 0 atom stereocenters.